The second-order valence-corrected chi connectivity index (χ2v) is 6.16. The van der Waals surface area contributed by atoms with Crippen LogP contribution in [-0.2, 0) is 17.7 Å². The van der Waals surface area contributed by atoms with Crippen molar-refractivity contribution in [2.75, 3.05) is 6.61 Å². The van der Waals surface area contributed by atoms with Gasteiger partial charge in [-0.05, 0) is 17.7 Å². The molecule has 0 spiro atoms. The molecule has 2 aromatic rings. The van der Waals surface area contributed by atoms with Crippen LogP contribution in [0.3, 0.4) is 0 Å². The molecule has 1 heterocycles. The molecule has 1 atom stereocenters. The molecule has 120 valence electrons. The Kier molecular flexibility index (Phi) is 4.81. The molecule has 2 aromatic carbocycles. The summed E-state index contributed by atoms with van der Waals surface area (Å²) in [6.07, 6.45) is -0.745. The zero-order valence-electron chi connectivity index (χ0n) is 12.2. The maximum absolute atomic E-state index is 13.9. The Morgan fingerprint density at radius 3 is 2.91 bits per heavy atom. The minimum absolute atomic E-state index is 0.210. The van der Waals surface area contributed by atoms with Crippen molar-refractivity contribution in [3.63, 3.8) is 0 Å². The predicted octanol–water partition coefficient (Wildman–Crippen LogP) is 3.82. The number of hydrogen-bond donors (Lipinski definition) is 1. The van der Waals surface area contributed by atoms with Crippen molar-refractivity contribution in [3.8, 4) is 5.75 Å². The fraction of sp³-hybridized carbons (Fsp3) is 0.235. The van der Waals surface area contributed by atoms with Gasteiger partial charge in [0.1, 0.15) is 24.3 Å². The van der Waals surface area contributed by atoms with Crippen LogP contribution in [0.25, 0.3) is 0 Å². The Morgan fingerprint density at radius 2 is 2.13 bits per heavy atom. The van der Waals surface area contributed by atoms with Crippen LogP contribution in [0.15, 0.2) is 46.9 Å². The van der Waals surface area contributed by atoms with Crippen LogP contribution in [0.5, 0.6) is 5.75 Å². The van der Waals surface area contributed by atoms with E-state index in [1.165, 1.54) is 6.07 Å². The number of ether oxygens (including phenoxy) is 2. The molecule has 1 aliphatic rings. The first kappa shape index (κ1) is 15.8. The van der Waals surface area contributed by atoms with Crippen LogP contribution in [0, 0.1) is 5.82 Å². The number of halogens is 2. The summed E-state index contributed by atoms with van der Waals surface area (Å²) in [7, 11) is 0. The Morgan fingerprint density at radius 1 is 1.35 bits per heavy atom. The Bertz CT molecular complexity index is 708. The second kappa shape index (κ2) is 7.00. The number of rotatable bonds is 3. The van der Waals surface area contributed by atoms with Crippen molar-refractivity contribution in [1.82, 2.24) is 5.32 Å². The van der Waals surface area contributed by atoms with E-state index in [-0.39, 0.29) is 12.4 Å². The van der Waals surface area contributed by atoms with Gasteiger partial charge in [-0.25, -0.2) is 9.18 Å². The van der Waals surface area contributed by atoms with Crippen molar-refractivity contribution in [2.24, 2.45) is 0 Å². The molecule has 0 aliphatic carbocycles. The average molecular weight is 380 g/mol. The molecule has 4 nitrogen and oxygen atoms in total. The number of fused-ring (bicyclic) bond motifs is 1. The van der Waals surface area contributed by atoms with E-state index in [2.05, 4.69) is 21.2 Å². The van der Waals surface area contributed by atoms with Crippen molar-refractivity contribution < 1.29 is 18.7 Å². The van der Waals surface area contributed by atoms with Crippen molar-refractivity contribution >= 4 is 22.0 Å². The van der Waals surface area contributed by atoms with Crippen molar-refractivity contribution in [1.29, 1.82) is 0 Å². The molecule has 0 saturated carbocycles. The van der Waals surface area contributed by atoms with E-state index in [0.29, 0.717) is 28.8 Å². The summed E-state index contributed by atoms with van der Waals surface area (Å²) < 4.78 is 25.4. The Labute approximate surface area is 141 Å². The normalized spacial score (nSPS) is 16.2. The Balaban J connectivity index is 1.56. The fourth-order valence-corrected chi connectivity index (χ4v) is 2.82. The lowest BCUT2D eigenvalue weighted by Gasteiger charge is -2.25. The van der Waals surface area contributed by atoms with Crippen LogP contribution < -0.4 is 10.1 Å². The van der Waals surface area contributed by atoms with Crippen LogP contribution in [0.2, 0.25) is 0 Å². The highest BCUT2D eigenvalue weighted by atomic mass is 79.9. The highest BCUT2D eigenvalue weighted by Crippen LogP contribution is 2.31. The minimum atomic E-state index is -0.538. The second-order valence-electron chi connectivity index (χ2n) is 5.25. The van der Waals surface area contributed by atoms with E-state index in [9.17, 15) is 9.18 Å². The van der Waals surface area contributed by atoms with E-state index in [4.69, 9.17) is 9.47 Å². The van der Waals surface area contributed by atoms with Gasteiger partial charge in [-0.3, -0.25) is 0 Å². The van der Waals surface area contributed by atoms with Gasteiger partial charge in [0.15, 0.2) is 0 Å². The quantitative estimate of drug-likeness (QED) is 0.881. The van der Waals surface area contributed by atoms with Gasteiger partial charge in [-0.2, -0.15) is 0 Å². The van der Waals surface area contributed by atoms with Gasteiger partial charge >= 0.3 is 6.09 Å². The van der Waals surface area contributed by atoms with E-state index in [1.54, 1.807) is 6.07 Å². The summed E-state index contributed by atoms with van der Waals surface area (Å²) >= 11 is 3.22. The number of benzene rings is 2. The smallest absolute Gasteiger partial charge is 0.407 e. The third-order valence-corrected chi connectivity index (χ3v) is 3.99. The van der Waals surface area contributed by atoms with E-state index in [0.717, 1.165) is 5.56 Å². The summed E-state index contributed by atoms with van der Waals surface area (Å²) in [4.78, 5) is 11.8. The van der Waals surface area contributed by atoms with Crippen molar-refractivity contribution in [2.45, 2.75) is 19.1 Å². The highest BCUT2D eigenvalue weighted by Gasteiger charge is 2.26. The lowest BCUT2D eigenvalue weighted by atomic mass is 10.0. The average Bonchev–Trinajstić information content (AvgIpc) is 2.54. The first-order valence-electron chi connectivity index (χ1n) is 7.21. The maximum Gasteiger partial charge on any atom is 0.407 e. The molecular formula is C17H15BrFNO3. The summed E-state index contributed by atoms with van der Waals surface area (Å²) in [6.45, 7) is 0.590. The number of hydrogen-bond acceptors (Lipinski definition) is 3. The summed E-state index contributed by atoms with van der Waals surface area (Å²) in [5, 5.41) is 2.68. The number of carbonyl (C=O) groups is 1. The molecule has 1 N–H and O–H groups in total. The van der Waals surface area contributed by atoms with Gasteiger partial charge in [-0.1, -0.05) is 46.3 Å². The van der Waals surface area contributed by atoms with Crippen molar-refractivity contribution in [3.05, 3.63) is 63.9 Å². The predicted molar refractivity (Wildman–Crippen MR) is 86.8 cm³/mol. The van der Waals surface area contributed by atoms with Gasteiger partial charge in [0.25, 0.3) is 0 Å². The molecule has 6 heteroatoms. The fourth-order valence-electron chi connectivity index (χ4n) is 2.41. The first-order chi connectivity index (χ1) is 11.1. The molecule has 0 aromatic heterocycles. The van der Waals surface area contributed by atoms with Crippen LogP contribution in [0.1, 0.15) is 11.1 Å². The lowest BCUT2D eigenvalue weighted by Crippen LogP contribution is -2.35. The van der Waals surface area contributed by atoms with E-state index >= 15 is 0 Å². The van der Waals surface area contributed by atoms with Gasteiger partial charge in [0, 0.05) is 23.0 Å². The molecule has 1 aliphatic heterocycles. The third-order valence-electron chi connectivity index (χ3n) is 3.53. The number of alkyl carbamates (subject to hydrolysis) is 1. The summed E-state index contributed by atoms with van der Waals surface area (Å²) in [6, 6.07) is 12.6. The molecule has 1 amide bonds. The molecule has 3 rings (SSSR count). The molecule has 23 heavy (non-hydrogen) atoms. The number of carbonyl (C=O) groups excluding carboxylic acids is 1. The summed E-state index contributed by atoms with van der Waals surface area (Å²) in [5.41, 5.74) is 1.41. The summed E-state index contributed by atoms with van der Waals surface area (Å²) in [5.74, 6) is 0.119. The third kappa shape index (κ3) is 4.01. The number of nitrogens with one attached hydrogen (secondary N) is 1. The van der Waals surface area contributed by atoms with Crippen LogP contribution in [0.4, 0.5) is 9.18 Å². The largest absolute Gasteiger partial charge is 0.489 e. The van der Waals surface area contributed by atoms with Gasteiger partial charge < -0.3 is 14.8 Å². The van der Waals surface area contributed by atoms with Gasteiger partial charge in [-0.15, -0.1) is 0 Å². The molecule has 0 saturated heterocycles. The molecule has 0 unspecified atom stereocenters. The molecule has 0 fully saturated rings. The molecule has 0 radical (unpaired) electrons. The van der Waals surface area contributed by atoms with Crippen LogP contribution >= 0.6 is 15.9 Å². The van der Waals surface area contributed by atoms with E-state index < -0.39 is 12.2 Å². The maximum atomic E-state index is 13.9. The zero-order chi connectivity index (χ0) is 16.2. The van der Waals surface area contributed by atoms with Crippen LogP contribution in [-0.4, -0.2) is 18.8 Å². The zero-order valence-corrected chi connectivity index (χ0v) is 13.8. The monoisotopic (exact) mass is 379 g/mol. The SMILES string of the molecule is O=C(NCc1ccccc1)O[C@H]1COc2cc(Br)cc(F)c2C1. The molecular weight excluding hydrogens is 365 g/mol. The Hall–Kier alpha value is -2.08. The number of amides is 1. The highest BCUT2D eigenvalue weighted by molar-refractivity contribution is 9.10. The molecule has 0 bridgehead atoms. The topological polar surface area (TPSA) is 47.6 Å². The minimum Gasteiger partial charge on any atom is -0.489 e. The van der Waals surface area contributed by atoms with Gasteiger partial charge in [0.2, 0.25) is 0 Å². The first-order valence-corrected chi connectivity index (χ1v) is 8.00. The van der Waals surface area contributed by atoms with E-state index in [1.807, 2.05) is 30.3 Å². The standard InChI is InChI=1S/C17H15BrFNO3/c18-12-6-15(19)14-8-13(10-22-16(14)7-12)23-17(21)20-9-11-4-2-1-3-5-11/h1-7,13H,8-10H2,(H,20,21)/t13-/m1/s1. The lowest BCUT2D eigenvalue weighted by molar-refractivity contribution is 0.0543. The van der Waals surface area contributed by atoms with Gasteiger partial charge in [0.05, 0.1) is 0 Å².